The topological polar surface area (TPSA) is 58.6 Å². The fourth-order valence-electron chi connectivity index (χ4n) is 3.03. The van der Waals surface area contributed by atoms with Crippen LogP contribution >= 0.6 is 23.2 Å². The first-order valence-electron chi connectivity index (χ1n) is 9.27. The van der Waals surface area contributed by atoms with E-state index in [0.717, 1.165) is 18.6 Å². The van der Waals surface area contributed by atoms with Crippen LogP contribution in [0.5, 0.6) is 5.75 Å². The standard InChI is InChI=1S/C21H22Cl2N2O3/c1-2-3-11-28-16-9-7-15(8-10-16)24-21(27)14-12-19(26)25(13-14)18-6-4-5-17(22)20(18)23/h4-10,14H,2-3,11-13H2,1H3,(H,24,27)/t14-/m1/s1. The van der Waals surface area contributed by atoms with E-state index in [9.17, 15) is 9.59 Å². The zero-order valence-electron chi connectivity index (χ0n) is 15.6. The molecule has 0 radical (unpaired) electrons. The third kappa shape index (κ3) is 4.78. The number of ether oxygens (including phenoxy) is 1. The number of rotatable bonds is 7. The zero-order valence-corrected chi connectivity index (χ0v) is 17.1. The molecular formula is C21H22Cl2N2O3. The number of nitrogens with one attached hydrogen (secondary N) is 1. The highest BCUT2D eigenvalue weighted by Gasteiger charge is 2.36. The van der Waals surface area contributed by atoms with Crippen molar-refractivity contribution in [1.82, 2.24) is 0 Å². The Bertz CT molecular complexity index is 855. The van der Waals surface area contributed by atoms with E-state index in [1.54, 1.807) is 30.3 Å². The van der Waals surface area contributed by atoms with Crippen molar-refractivity contribution >= 4 is 46.4 Å². The molecule has 0 aromatic heterocycles. The molecule has 3 rings (SSSR count). The molecule has 1 aliphatic rings. The summed E-state index contributed by atoms with van der Waals surface area (Å²) >= 11 is 12.3. The lowest BCUT2D eigenvalue weighted by atomic mass is 10.1. The SMILES string of the molecule is CCCCOc1ccc(NC(=O)[C@@H]2CC(=O)N(c3cccc(Cl)c3Cl)C2)cc1. The molecule has 0 bridgehead atoms. The predicted molar refractivity (Wildman–Crippen MR) is 112 cm³/mol. The largest absolute Gasteiger partial charge is 0.494 e. The molecule has 2 aromatic carbocycles. The van der Waals surface area contributed by atoms with Crippen molar-refractivity contribution in [3.05, 3.63) is 52.5 Å². The molecule has 0 unspecified atom stereocenters. The van der Waals surface area contributed by atoms with Gasteiger partial charge in [0.05, 0.1) is 28.3 Å². The van der Waals surface area contributed by atoms with Crippen molar-refractivity contribution < 1.29 is 14.3 Å². The molecular weight excluding hydrogens is 399 g/mol. The number of carbonyl (C=O) groups is 2. The molecule has 148 valence electrons. The smallest absolute Gasteiger partial charge is 0.229 e. The normalized spacial score (nSPS) is 16.3. The second kappa shape index (κ2) is 9.30. The van der Waals surface area contributed by atoms with Gasteiger partial charge in [0.2, 0.25) is 11.8 Å². The van der Waals surface area contributed by atoms with Crippen molar-refractivity contribution in [3.63, 3.8) is 0 Å². The van der Waals surface area contributed by atoms with Gasteiger partial charge in [0.25, 0.3) is 0 Å². The molecule has 0 spiro atoms. The summed E-state index contributed by atoms with van der Waals surface area (Å²) in [5.74, 6) is -0.0371. The summed E-state index contributed by atoms with van der Waals surface area (Å²) in [6.45, 7) is 3.05. The van der Waals surface area contributed by atoms with Gasteiger partial charge in [-0.25, -0.2) is 0 Å². The number of hydrogen-bond acceptors (Lipinski definition) is 3. The molecule has 2 aromatic rings. The van der Waals surface area contributed by atoms with Crippen LogP contribution in [0.2, 0.25) is 10.0 Å². The van der Waals surface area contributed by atoms with Gasteiger partial charge in [0.1, 0.15) is 5.75 Å². The number of unbranched alkanes of at least 4 members (excludes halogenated alkanes) is 1. The lowest BCUT2D eigenvalue weighted by Gasteiger charge is -2.18. The van der Waals surface area contributed by atoms with Crippen molar-refractivity contribution in [2.45, 2.75) is 26.2 Å². The second-order valence-corrected chi connectivity index (χ2v) is 7.48. The molecule has 2 amide bonds. The lowest BCUT2D eigenvalue weighted by Crippen LogP contribution is -2.28. The number of nitrogens with zero attached hydrogens (tertiary/aromatic N) is 1. The molecule has 1 N–H and O–H groups in total. The molecule has 1 fully saturated rings. The molecule has 5 nitrogen and oxygen atoms in total. The van der Waals surface area contributed by atoms with E-state index in [0.29, 0.717) is 28.0 Å². The van der Waals surface area contributed by atoms with Crippen LogP contribution in [0.1, 0.15) is 26.2 Å². The number of amides is 2. The third-order valence-corrected chi connectivity index (χ3v) is 5.42. The zero-order chi connectivity index (χ0) is 20.1. The fraction of sp³-hybridized carbons (Fsp3) is 0.333. The number of hydrogen-bond donors (Lipinski definition) is 1. The van der Waals surface area contributed by atoms with E-state index >= 15 is 0 Å². The van der Waals surface area contributed by atoms with Gasteiger partial charge < -0.3 is 15.0 Å². The first-order valence-corrected chi connectivity index (χ1v) is 10.0. The molecule has 1 saturated heterocycles. The first kappa shape index (κ1) is 20.5. The van der Waals surface area contributed by atoms with Crippen LogP contribution in [0.4, 0.5) is 11.4 Å². The van der Waals surface area contributed by atoms with Crippen molar-refractivity contribution in [1.29, 1.82) is 0 Å². The highest BCUT2D eigenvalue weighted by molar-refractivity contribution is 6.44. The van der Waals surface area contributed by atoms with Crippen molar-refractivity contribution in [3.8, 4) is 5.75 Å². The number of anilines is 2. The van der Waals surface area contributed by atoms with Gasteiger partial charge in [-0.15, -0.1) is 0 Å². The van der Waals surface area contributed by atoms with Crippen LogP contribution in [-0.2, 0) is 9.59 Å². The molecule has 7 heteroatoms. The van der Waals surface area contributed by atoms with Gasteiger partial charge in [-0.2, -0.15) is 0 Å². The maximum absolute atomic E-state index is 12.6. The second-order valence-electron chi connectivity index (χ2n) is 6.69. The summed E-state index contributed by atoms with van der Waals surface area (Å²) in [7, 11) is 0. The Balaban J connectivity index is 1.61. The Morgan fingerprint density at radius 1 is 1.21 bits per heavy atom. The Labute approximate surface area is 174 Å². The molecule has 1 heterocycles. The minimum Gasteiger partial charge on any atom is -0.494 e. The van der Waals surface area contributed by atoms with Crippen LogP contribution in [0.25, 0.3) is 0 Å². The summed E-state index contributed by atoms with van der Waals surface area (Å²) in [4.78, 5) is 26.5. The lowest BCUT2D eigenvalue weighted by molar-refractivity contribution is -0.122. The summed E-state index contributed by atoms with van der Waals surface area (Å²) in [6.07, 6.45) is 2.21. The van der Waals surface area contributed by atoms with E-state index < -0.39 is 5.92 Å². The maximum Gasteiger partial charge on any atom is 0.229 e. The van der Waals surface area contributed by atoms with Gasteiger partial charge in [-0.05, 0) is 42.8 Å². The summed E-state index contributed by atoms with van der Waals surface area (Å²) in [6, 6.07) is 12.3. The van der Waals surface area contributed by atoms with Gasteiger partial charge in [0.15, 0.2) is 0 Å². The van der Waals surface area contributed by atoms with Crippen LogP contribution in [0.15, 0.2) is 42.5 Å². The molecule has 0 aliphatic carbocycles. The van der Waals surface area contributed by atoms with E-state index in [-0.39, 0.29) is 24.8 Å². The van der Waals surface area contributed by atoms with E-state index in [1.807, 2.05) is 12.1 Å². The Morgan fingerprint density at radius 2 is 1.96 bits per heavy atom. The monoisotopic (exact) mass is 420 g/mol. The highest BCUT2D eigenvalue weighted by Crippen LogP contribution is 2.36. The quantitative estimate of drug-likeness (QED) is 0.628. The average Bonchev–Trinajstić information content (AvgIpc) is 3.07. The highest BCUT2D eigenvalue weighted by atomic mass is 35.5. The van der Waals surface area contributed by atoms with Gasteiger partial charge in [-0.1, -0.05) is 42.6 Å². The Kier molecular flexibility index (Phi) is 6.81. The number of benzene rings is 2. The van der Waals surface area contributed by atoms with Crippen LogP contribution in [-0.4, -0.2) is 25.0 Å². The summed E-state index contributed by atoms with van der Waals surface area (Å²) < 4.78 is 5.62. The van der Waals surface area contributed by atoms with E-state index in [1.165, 1.54) is 4.90 Å². The maximum atomic E-state index is 12.6. The van der Waals surface area contributed by atoms with E-state index in [2.05, 4.69) is 12.2 Å². The van der Waals surface area contributed by atoms with Crippen LogP contribution in [0.3, 0.4) is 0 Å². The predicted octanol–water partition coefficient (Wildman–Crippen LogP) is 5.16. The van der Waals surface area contributed by atoms with Crippen LogP contribution in [0, 0.1) is 5.92 Å². The van der Waals surface area contributed by atoms with Gasteiger partial charge in [0, 0.05) is 18.7 Å². The van der Waals surface area contributed by atoms with Gasteiger partial charge in [-0.3, -0.25) is 9.59 Å². The molecule has 1 aliphatic heterocycles. The number of halogens is 2. The third-order valence-electron chi connectivity index (χ3n) is 4.61. The van der Waals surface area contributed by atoms with E-state index in [4.69, 9.17) is 27.9 Å². The van der Waals surface area contributed by atoms with Crippen molar-refractivity contribution in [2.75, 3.05) is 23.4 Å². The molecule has 28 heavy (non-hydrogen) atoms. The Hall–Kier alpha value is -2.24. The molecule has 0 saturated carbocycles. The number of carbonyl (C=O) groups excluding carboxylic acids is 2. The average molecular weight is 421 g/mol. The van der Waals surface area contributed by atoms with Gasteiger partial charge >= 0.3 is 0 Å². The summed E-state index contributed by atoms with van der Waals surface area (Å²) in [5, 5.41) is 3.56. The minimum atomic E-state index is -0.456. The fourth-order valence-corrected chi connectivity index (χ4v) is 3.43. The van der Waals surface area contributed by atoms with Crippen LogP contribution < -0.4 is 15.0 Å². The molecule has 1 atom stereocenters. The van der Waals surface area contributed by atoms with Crippen molar-refractivity contribution in [2.24, 2.45) is 5.92 Å². The first-order chi connectivity index (χ1) is 13.5. The summed E-state index contributed by atoms with van der Waals surface area (Å²) in [5.41, 5.74) is 1.20. The minimum absolute atomic E-state index is 0.132. The Morgan fingerprint density at radius 3 is 2.68 bits per heavy atom.